The summed E-state index contributed by atoms with van der Waals surface area (Å²) in [5, 5.41) is 13.1. The third-order valence-electron chi connectivity index (χ3n) is 2.64. The first kappa shape index (κ1) is 16.4. The minimum absolute atomic E-state index is 0.0185. The molecule has 0 atom stereocenters. The number of hydrogen-bond donors (Lipinski definition) is 2. The molecule has 0 bridgehead atoms. The number of nitrogens with one attached hydrogen (secondary N) is 1. The number of nitro groups is 1. The highest BCUT2D eigenvalue weighted by atomic mass is 32.2. The topological polar surface area (TPSA) is 145 Å². The zero-order chi connectivity index (χ0) is 17.0. The van der Waals surface area contributed by atoms with Gasteiger partial charge in [-0.25, -0.2) is 0 Å². The van der Waals surface area contributed by atoms with Crippen LogP contribution in [0.25, 0.3) is 6.08 Å². The fourth-order valence-electron chi connectivity index (χ4n) is 1.67. The lowest BCUT2D eigenvalue weighted by molar-refractivity contribution is -0.384. The van der Waals surface area contributed by atoms with Crippen molar-refractivity contribution in [3.05, 3.63) is 45.5 Å². The Kier molecular flexibility index (Phi) is 4.86. The summed E-state index contributed by atoms with van der Waals surface area (Å²) in [4.78, 5) is 48.3. The van der Waals surface area contributed by atoms with Crippen LogP contribution in [0.5, 0.6) is 0 Å². The maximum atomic E-state index is 11.9. The number of benzene rings is 1. The van der Waals surface area contributed by atoms with Crippen molar-refractivity contribution in [2.75, 3.05) is 5.75 Å². The second kappa shape index (κ2) is 6.83. The van der Waals surface area contributed by atoms with E-state index in [0.717, 1.165) is 11.8 Å². The number of nitrogens with zero attached hydrogens (tertiary/aromatic N) is 2. The predicted octanol–water partition coefficient (Wildman–Crippen LogP) is 0.209. The highest BCUT2D eigenvalue weighted by Gasteiger charge is 2.25. The summed E-state index contributed by atoms with van der Waals surface area (Å²) in [6, 6.07) is 5.48. The monoisotopic (exact) mass is 334 g/mol. The Bertz CT molecular complexity index is 771. The molecule has 1 heterocycles. The minimum Gasteiger partial charge on any atom is -0.369 e. The molecule has 0 saturated carbocycles. The van der Waals surface area contributed by atoms with E-state index >= 15 is 0 Å². The van der Waals surface area contributed by atoms with E-state index in [1.807, 2.05) is 0 Å². The van der Waals surface area contributed by atoms with Crippen LogP contribution in [0.3, 0.4) is 0 Å². The second-order valence-corrected chi connectivity index (χ2v) is 5.31. The van der Waals surface area contributed by atoms with Crippen molar-refractivity contribution in [3.8, 4) is 0 Å². The number of carbonyl (C=O) groups excluding carboxylic acids is 3. The molecule has 0 radical (unpaired) electrons. The molecular weight excluding hydrogens is 324 g/mol. The predicted molar refractivity (Wildman–Crippen MR) is 83.3 cm³/mol. The van der Waals surface area contributed by atoms with Crippen LogP contribution in [0.2, 0.25) is 0 Å². The van der Waals surface area contributed by atoms with Crippen molar-refractivity contribution in [2.24, 2.45) is 10.7 Å². The number of rotatable bonds is 4. The van der Waals surface area contributed by atoms with Crippen LogP contribution >= 0.6 is 11.8 Å². The number of amides is 3. The Hall–Kier alpha value is -3.01. The van der Waals surface area contributed by atoms with Crippen LogP contribution in [0.1, 0.15) is 5.56 Å². The Balaban J connectivity index is 2.25. The number of amidine groups is 1. The van der Waals surface area contributed by atoms with Gasteiger partial charge in [0.1, 0.15) is 5.57 Å². The van der Waals surface area contributed by atoms with Crippen LogP contribution in [0.4, 0.5) is 5.69 Å². The van der Waals surface area contributed by atoms with E-state index in [1.54, 1.807) is 0 Å². The van der Waals surface area contributed by atoms with Crippen LogP contribution in [-0.2, 0) is 14.4 Å². The van der Waals surface area contributed by atoms with E-state index in [2.05, 4.69) is 10.3 Å². The van der Waals surface area contributed by atoms with E-state index in [1.165, 1.54) is 30.3 Å². The van der Waals surface area contributed by atoms with Gasteiger partial charge in [-0.05, 0) is 11.6 Å². The van der Waals surface area contributed by atoms with Gasteiger partial charge in [0.25, 0.3) is 17.5 Å². The van der Waals surface area contributed by atoms with Crippen molar-refractivity contribution in [1.82, 2.24) is 5.32 Å². The summed E-state index contributed by atoms with van der Waals surface area (Å²) >= 11 is 0.834. The number of primary amides is 1. The van der Waals surface area contributed by atoms with E-state index < -0.39 is 22.6 Å². The van der Waals surface area contributed by atoms with Crippen molar-refractivity contribution in [3.63, 3.8) is 0 Å². The average Bonchev–Trinajstić information content (AvgIpc) is 2.49. The highest BCUT2D eigenvalue weighted by Crippen LogP contribution is 2.18. The summed E-state index contributed by atoms with van der Waals surface area (Å²) in [5.74, 6) is -2.25. The summed E-state index contributed by atoms with van der Waals surface area (Å²) in [7, 11) is 0. The van der Waals surface area contributed by atoms with Gasteiger partial charge in [0.15, 0.2) is 5.17 Å². The summed E-state index contributed by atoms with van der Waals surface area (Å²) in [6.45, 7) is 0. The molecule has 118 valence electrons. The fraction of sp³-hybridized carbons (Fsp3) is 0.0769. The molecule has 0 saturated heterocycles. The van der Waals surface area contributed by atoms with Crippen LogP contribution in [0.15, 0.2) is 34.8 Å². The van der Waals surface area contributed by atoms with Crippen molar-refractivity contribution < 1.29 is 19.3 Å². The van der Waals surface area contributed by atoms with E-state index in [9.17, 15) is 24.5 Å². The lowest BCUT2D eigenvalue weighted by Crippen LogP contribution is -2.37. The number of non-ortho nitro benzene ring substituents is 1. The maximum absolute atomic E-state index is 11.9. The van der Waals surface area contributed by atoms with Gasteiger partial charge in [-0.3, -0.25) is 24.5 Å². The van der Waals surface area contributed by atoms with Crippen molar-refractivity contribution in [2.45, 2.75) is 0 Å². The first-order valence-electron chi connectivity index (χ1n) is 6.18. The molecule has 1 aliphatic rings. The number of aliphatic imine (C=N–C) groups is 1. The zero-order valence-electron chi connectivity index (χ0n) is 11.5. The average molecular weight is 334 g/mol. The first-order chi connectivity index (χ1) is 10.9. The Labute approximate surface area is 133 Å². The number of thioether (sulfide) groups is 1. The smallest absolute Gasteiger partial charge is 0.285 e. The molecule has 1 aromatic carbocycles. The Morgan fingerprint density at radius 1 is 1.43 bits per heavy atom. The van der Waals surface area contributed by atoms with Gasteiger partial charge in [0, 0.05) is 12.1 Å². The van der Waals surface area contributed by atoms with E-state index in [0.29, 0.717) is 5.56 Å². The normalized spacial score (nSPS) is 16.0. The number of carbonyl (C=O) groups is 3. The molecule has 9 nitrogen and oxygen atoms in total. The molecule has 1 aliphatic heterocycles. The SMILES string of the molecule is NC(=O)CSC1=NC(=O)/C(=C/c2cccc([N+](=O)[O-])c2)C(=O)N1. The van der Waals surface area contributed by atoms with Crippen molar-refractivity contribution in [1.29, 1.82) is 0 Å². The molecule has 2 rings (SSSR count). The van der Waals surface area contributed by atoms with Gasteiger partial charge in [-0.1, -0.05) is 23.9 Å². The summed E-state index contributed by atoms with van der Waals surface area (Å²) < 4.78 is 0. The highest BCUT2D eigenvalue weighted by molar-refractivity contribution is 8.14. The van der Waals surface area contributed by atoms with Gasteiger partial charge in [-0.15, -0.1) is 0 Å². The van der Waals surface area contributed by atoms with Gasteiger partial charge in [-0.2, -0.15) is 4.99 Å². The number of nitrogens with two attached hydrogens (primary N) is 1. The third-order valence-corrected chi connectivity index (χ3v) is 3.54. The molecule has 3 amide bonds. The maximum Gasteiger partial charge on any atom is 0.285 e. The first-order valence-corrected chi connectivity index (χ1v) is 7.17. The molecule has 0 spiro atoms. The van der Waals surface area contributed by atoms with Gasteiger partial charge >= 0.3 is 0 Å². The Morgan fingerprint density at radius 2 is 2.17 bits per heavy atom. The second-order valence-electron chi connectivity index (χ2n) is 4.34. The zero-order valence-corrected chi connectivity index (χ0v) is 12.3. The molecule has 1 aromatic rings. The van der Waals surface area contributed by atoms with Gasteiger partial charge < -0.3 is 11.1 Å². The van der Waals surface area contributed by atoms with Gasteiger partial charge in [0.05, 0.1) is 10.7 Å². The minimum atomic E-state index is -0.799. The molecule has 3 N–H and O–H groups in total. The number of hydrogen-bond acceptors (Lipinski definition) is 6. The molecule has 0 aromatic heterocycles. The quantitative estimate of drug-likeness (QED) is 0.348. The molecular formula is C13H10N4O5S. The largest absolute Gasteiger partial charge is 0.369 e. The van der Waals surface area contributed by atoms with Crippen LogP contribution in [-0.4, -0.2) is 33.6 Å². The molecule has 10 heteroatoms. The number of nitro benzene ring substituents is 1. The molecule has 0 aliphatic carbocycles. The molecule has 0 unspecified atom stereocenters. The lowest BCUT2D eigenvalue weighted by atomic mass is 10.1. The fourth-order valence-corrected chi connectivity index (χ4v) is 2.26. The summed E-state index contributed by atoms with van der Waals surface area (Å²) in [6.07, 6.45) is 1.21. The van der Waals surface area contributed by atoms with E-state index in [4.69, 9.17) is 5.73 Å². The van der Waals surface area contributed by atoms with Crippen LogP contribution in [0, 0.1) is 10.1 Å². The Morgan fingerprint density at radius 3 is 2.78 bits per heavy atom. The molecule has 0 fully saturated rings. The van der Waals surface area contributed by atoms with E-state index in [-0.39, 0.29) is 22.2 Å². The summed E-state index contributed by atoms with van der Waals surface area (Å²) in [5.41, 5.74) is 4.87. The van der Waals surface area contributed by atoms with Crippen molar-refractivity contribution >= 4 is 46.4 Å². The lowest BCUT2D eigenvalue weighted by Gasteiger charge is -2.13. The van der Waals surface area contributed by atoms with Crippen LogP contribution < -0.4 is 11.1 Å². The standard InChI is InChI=1S/C13H10N4O5S/c14-10(18)6-23-13-15-11(19)9(12(20)16-13)5-7-2-1-3-8(4-7)17(21)22/h1-5H,6H2,(H2,14,18)(H,15,16,19,20). The van der Waals surface area contributed by atoms with Gasteiger partial charge in [0.2, 0.25) is 5.91 Å². The molecule has 23 heavy (non-hydrogen) atoms. The third kappa shape index (κ3) is 4.23.